The molecule has 0 fully saturated rings. The molecule has 1 aromatic carbocycles. The van der Waals surface area contributed by atoms with Crippen molar-refractivity contribution < 1.29 is 14.0 Å². The van der Waals surface area contributed by atoms with Crippen LogP contribution in [0.1, 0.15) is 66.7 Å². The van der Waals surface area contributed by atoms with Gasteiger partial charge in [-0.15, -0.1) is 0 Å². The van der Waals surface area contributed by atoms with Gasteiger partial charge in [0.1, 0.15) is 17.4 Å². The summed E-state index contributed by atoms with van der Waals surface area (Å²) in [4.78, 5) is 36.8. The van der Waals surface area contributed by atoms with E-state index in [1.165, 1.54) is 35.8 Å². The number of aromatic nitrogens is 4. The van der Waals surface area contributed by atoms with Gasteiger partial charge in [-0.3, -0.25) is 9.59 Å². The van der Waals surface area contributed by atoms with Crippen LogP contribution in [-0.2, 0) is 11.3 Å². The third-order valence-electron chi connectivity index (χ3n) is 5.78. The highest BCUT2D eigenvalue weighted by atomic mass is 32.1. The Bertz CT molecular complexity index is 1140. The monoisotopic (exact) mass is 441 g/mol. The molecule has 4 rings (SSSR count). The Kier molecular flexibility index (Phi) is 5.70. The molecule has 2 atom stereocenters. The largest absolute Gasteiger partial charge is 0.329 e. The van der Waals surface area contributed by atoms with Crippen molar-refractivity contribution in [2.24, 2.45) is 0 Å². The lowest BCUT2D eigenvalue weighted by Gasteiger charge is -2.36. The van der Waals surface area contributed by atoms with E-state index in [9.17, 15) is 14.0 Å². The number of imidazole rings is 1. The predicted octanol–water partition coefficient (Wildman–Crippen LogP) is 4.15. The predicted molar refractivity (Wildman–Crippen MR) is 115 cm³/mol. The second kappa shape index (κ2) is 8.30. The molecule has 162 valence electrons. The molecule has 31 heavy (non-hydrogen) atoms. The van der Waals surface area contributed by atoms with E-state index in [4.69, 9.17) is 4.98 Å². The number of rotatable bonds is 5. The van der Waals surface area contributed by atoms with Crippen LogP contribution in [-0.4, -0.2) is 42.0 Å². The maximum atomic E-state index is 13.3. The topological polar surface area (TPSA) is 81.0 Å². The van der Waals surface area contributed by atoms with Crippen molar-refractivity contribution in [2.75, 3.05) is 6.54 Å². The summed E-state index contributed by atoms with van der Waals surface area (Å²) in [5.74, 6) is 0.509. The van der Waals surface area contributed by atoms with Crippen LogP contribution >= 0.6 is 11.5 Å². The van der Waals surface area contributed by atoms with Crippen molar-refractivity contribution >= 4 is 23.2 Å². The van der Waals surface area contributed by atoms with E-state index < -0.39 is 5.92 Å². The molecule has 0 spiro atoms. The number of Topliss-reactive ketones (excluding diaryl/α,β-unsaturated/α-hetero) is 1. The molecule has 0 aliphatic carbocycles. The first-order valence-corrected chi connectivity index (χ1v) is 11.1. The van der Waals surface area contributed by atoms with Gasteiger partial charge in [0.05, 0.1) is 23.3 Å². The van der Waals surface area contributed by atoms with Gasteiger partial charge in [-0.05, 0) is 56.6 Å². The first kappa shape index (κ1) is 21.3. The molecule has 2 aromatic heterocycles. The number of benzene rings is 1. The van der Waals surface area contributed by atoms with Gasteiger partial charge >= 0.3 is 0 Å². The standard InChI is InChI=1S/C22H24FN5O2S/c1-5-17(29)12(2)18-19-13(3)27(22(30)15-6-8-16(23)9-7-15)10-11-28(19)20(25-18)21-24-14(4)26-31-21/h6-9,12-13H,5,10-11H2,1-4H3. The third-order valence-corrected chi connectivity index (χ3v) is 6.58. The SMILES string of the molecule is CCC(=O)C(C)c1nc(-c2nc(C)ns2)n2c1C(C)N(C(=O)c1ccc(F)cc1)CC2. The summed E-state index contributed by atoms with van der Waals surface area (Å²) in [5.41, 5.74) is 1.96. The molecule has 2 unspecified atom stereocenters. The molecular weight excluding hydrogens is 417 g/mol. The van der Waals surface area contributed by atoms with Crippen LogP contribution in [0.4, 0.5) is 4.39 Å². The Labute approximate surface area is 184 Å². The molecule has 0 saturated heterocycles. The number of aryl methyl sites for hydroxylation is 1. The zero-order valence-electron chi connectivity index (χ0n) is 17.9. The van der Waals surface area contributed by atoms with E-state index in [2.05, 4.69) is 13.9 Å². The van der Waals surface area contributed by atoms with E-state index in [1.807, 2.05) is 27.7 Å². The van der Waals surface area contributed by atoms with E-state index in [0.29, 0.717) is 47.4 Å². The van der Waals surface area contributed by atoms with Crippen molar-refractivity contribution in [2.45, 2.75) is 52.6 Å². The lowest BCUT2D eigenvalue weighted by molar-refractivity contribution is -0.119. The maximum Gasteiger partial charge on any atom is 0.254 e. The molecule has 3 heterocycles. The number of carbonyl (C=O) groups is 2. The van der Waals surface area contributed by atoms with Crippen molar-refractivity contribution in [3.63, 3.8) is 0 Å². The molecule has 0 saturated carbocycles. The maximum absolute atomic E-state index is 13.3. The number of carbonyl (C=O) groups excluding carboxylic acids is 2. The van der Waals surface area contributed by atoms with Crippen LogP contribution in [0.5, 0.6) is 0 Å². The lowest BCUT2D eigenvalue weighted by atomic mass is 9.95. The fraction of sp³-hybridized carbons (Fsp3) is 0.409. The van der Waals surface area contributed by atoms with Crippen LogP contribution in [0, 0.1) is 12.7 Å². The fourth-order valence-electron chi connectivity index (χ4n) is 4.06. The number of hydrogen-bond acceptors (Lipinski definition) is 6. The van der Waals surface area contributed by atoms with Gasteiger partial charge in [0, 0.05) is 25.1 Å². The highest BCUT2D eigenvalue weighted by Gasteiger charge is 2.36. The number of fused-ring (bicyclic) bond motifs is 1. The van der Waals surface area contributed by atoms with Crippen LogP contribution in [0.25, 0.3) is 10.8 Å². The van der Waals surface area contributed by atoms with Crippen molar-refractivity contribution in [1.82, 2.24) is 23.8 Å². The first-order chi connectivity index (χ1) is 14.8. The van der Waals surface area contributed by atoms with Gasteiger partial charge in [0.15, 0.2) is 10.8 Å². The second-order valence-electron chi connectivity index (χ2n) is 7.73. The van der Waals surface area contributed by atoms with E-state index in [-0.39, 0.29) is 23.5 Å². The van der Waals surface area contributed by atoms with Crippen molar-refractivity contribution in [3.05, 3.63) is 52.9 Å². The average molecular weight is 442 g/mol. The molecule has 1 amide bonds. The van der Waals surface area contributed by atoms with Gasteiger partial charge in [0.2, 0.25) is 0 Å². The molecule has 0 radical (unpaired) electrons. The average Bonchev–Trinajstić information content (AvgIpc) is 3.37. The smallest absolute Gasteiger partial charge is 0.254 e. The molecule has 1 aliphatic rings. The summed E-state index contributed by atoms with van der Waals surface area (Å²) >= 11 is 1.28. The minimum atomic E-state index is -0.391. The zero-order chi connectivity index (χ0) is 22.3. The summed E-state index contributed by atoms with van der Waals surface area (Å²) in [5, 5.41) is 0.701. The fourth-order valence-corrected chi connectivity index (χ4v) is 4.73. The van der Waals surface area contributed by atoms with Gasteiger partial charge < -0.3 is 9.47 Å². The van der Waals surface area contributed by atoms with Crippen LogP contribution in [0.15, 0.2) is 24.3 Å². The molecule has 1 aliphatic heterocycles. The number of hydrogen-bond donors (Lipinski definition) is 0. The Morgan fingerprint density at radius 1 is 1.23 bits per heavy atom. The summed E-state index contributed by atoms with van der Waals surface area (Å²) in [6, 6.07) is 5.26. The Balaban J connectivity index is 1.78. The number of nitrogens with zero attached hydrogens (tertiary/aromatic N) is 5. The summed E-state index contributed by atoms with van der Waals surface area (Å²) in [6.07, 6.45) is 0.410. The van der Waals surface area contributed by atoms with Crippen molar-refractivity contribution in [3.8, 4) is 10.8 Å². The minimum absolute atomic E-state index is 0.0927. The summed E-state index contributed by atoms with van der Waals surface area (Å²) < 4.78 is 19.6. The third kappa shape index (κ3) is 3.78. The van der Waals surface area contributed by atoms with Gasteiger partial charge in [-0.25, -0.2) is 14.4 Å². The van der Waals surface area contributed by atoms with E-state index in [0.717, 1.165) is 5.69 Å². The second-order valence-corrected chi connectivity index (χ2v) is 8.48. The zero-order valence-corrected chi connectivity index (χ0v) is 18.7. The molecule has 0 bridgehead atoms. The van der Waals surface area contributed by atoms with Crippen LogP contribution in [0.2, 0.25) is 0 Å². The molecule has 7 nitrogen and oxygen atoms in total. The molecule has 0 N–H and O–H groups in total. The first-order valence-electron chi connectivity index (χ1n) is 10.3. The number of amides is 1. The number of ketones is 1. The van der Waals surface area contributed by atoms with Gasteiger partial charge in [-0.2, -0.15) is 4.37 Å². The Hall–Kier alpha value is -2.94. The molecular formula is C22H24FN5O2S. The minimum Gasteiger partial charge on any atom is -0.329 e. The van der Waals surface area contributed by atoms with Crippen LogP contribution < -0.4 is 0 Å². The molecule has 9 heteroatoms. The van der Waals surface area contributed by atoms with E-state index >= 15 is 0 Å². The highest BCUT2D eigenvalue weighted by Crippen LogP contribution is 2.37. The number of halogens is 1. The van der Waals surface area contributed by atoms with Gasteiger partial charge in [-0.1, -0.05) is 6.92 Å². The Morgan fingerprint density at radius 2 is 1.94 bits per heavy atom. The summed E-state index contributed by atoms with van der Waals surface area (Å²) in [6.45, 7) is 8.47. The van der Waals surface area contributed by atoms with Crippen LogP contribution in [0.3, 0.4) is 0 Å². The highest BCUT2D eigenvalue weighted by molar-refractivity contribution is 7.09. The van der Waals surface area contributed by atoms with E-state index in [1.54, 1.807) is 4.90 Å². The van der Waals surface area contributed by atoms with Gasteiger partial charge in [0.25, 0.3) is 5.91 Å². The lowest BCUT2D eigenvalue weighted by Crippen LogP contribution is -2.41. The normalized spacial score (nSPS) is 16.8. The van der Waals surface area contributed by atoms with Crippen molar-refractivity contribution in [1.29, 1.82) is 0 Å². The Morgan fingerprint density at radius 3 is 2.55 bits per heavy atom. The quantitative estimate of drug-likeness (QED) is 0.594. The molecule has 3 aromatic rings. The summed E-state index contributed by atoms with van der Waals surface area (Å²) in [7, 11) is 0.